The molecule has 136 valence electrons. The maximum absolute atomic E-state index is 10.2. The molecule has 1 fully saturated rings. The zero-order valence-corrected chi connectivity index (χ0v) is 15.2. The third-order valence-electron chi connectivity index (χ3n) is 4.99. The summed E-state index contributed by atoms with van der Waals surface area (Å²) in [6.45, 7) is 3.86. The first kappa shape index (κ1) is 17.0. The van der Waals surface area contributed by atoms with Crippen LogP contribution >= 0.6 is 0 Å². The van der Waals surface area contributed by atoms with Crippen LogP contribution in [0.1, 0.15) is 31.4 Å². The van der Waals surface area contributed by atoms with Crippen LogP contribution in [-0.2, 0) is 0 Å². The van der Waals surface area contributed by atoms with Crippen LogP contribution in [0.2, 0.25) is 0 Å². The fourth-order valence-electron chi connectivity index (χ4n) is 3.52. The third kappa shape index (κ3) is 3.30. The van der Waals surface area contributed by atoms with Gasteiger partial charge in [0.15, 0.2) is 0 Å². The number of hydrogen-bond acceptors (Lipinski definition) is 5. The molecule has 26 heavy (non-hydrogen) atoms. The van der Waals surface area contributed by atoms with Crippen molar-refractivity contribution in [1.29, 1.82) is 0 Å². The van der Waals surface area contributed by atoms with Crippen LogP contribution < -0.4 is 4.74 Å². The lowest BCUT2D eigenvalue weighted by Gasteiger charge is -2.28. The molecule has 1 saturated heterocycles. The number of aliphatic hydroxyl groups is 1. The van der Waals surface area contributed by atoms with Crippen LogP contribution in [0.15, 0.2) is 42.6 Å². The first-order chi connectivity index (χ1) is 12.6. The highest BCUT2D eigenvalue weighted by Crippen LogP contribution is 2.31. The summed E-state index contributed by atoms with van der Waals surface area (Å²) in [6.07, 6.45) is 3.61. The molecule has 0 spiro atoms. The molecule has 1 N–H and O–H groups in total. The number of nitrogens with zero attached hydrogens (tertiary/aromatic N) is 4. The van der Waals surface area contributed by atoms with Gasteiger partial charge in [-0.2, -0.15) is 0 Å². The summed E-state index contributed by atoms with van der Waals surface area (Å²) in [5.41, 5.74) is 3.46. The van der Waals surface area contributed by atoms with Gasteiger partial charge in [-0.25, -0.2) is 0 Å². The number of piperidine rings is 1. The van der Waals surface area contributed by atoms with Gasteiger partial charge in [0.1, 0.15) is 11.8 Å². The predicted molar refractivity (Wildman–Crippen MR) is 100 cm³/mol. The molecule has 0 bridgehead atoms. The lowest BCUT2D eigenvalue weighted by Crippen LogP contribution is -2.35. The van der Waals surface area contributed by atoms with Crippen LogP contribution in [0.25, 0.3) is 16.9 Å². The van der Waals surface area contributed by atoms with Gasteiger partial charge in [-0.05, 0) is 51.1 Å². The Kier molecular flexibility index (Phi) is 4.61. The monoisotopic (exact) mass is 352 g/mol. The van der Waals surface area contributed by atoms with E-state index >= 15 is 0 Å². The second kappa shape index (κ2) is 7.05. The van der Waals surface area contributed by atoms with Crippen LogP contribution in [0.4, 0.5) is 0 Å². The van der Waals surface area contributed by atoms with E-state index in [2.05, 4.69) is 22.1 Å². The Balaban J connectivity index is 1.61. The van der Waals surface area contributed by atoms with Crippen molar-refractivity contribution >= 4 is 5.52 Å². The molecular weight excluding hydrogens is 328 g/mol. The largest absolute Gasteiger partial charge is 0.473 e. The van der Waals surface area contributed by atoms with Crippen molar-refractivity contribution in [2.45, 2.75) is 32.0 Å². The third-order valence-corrected chi connectivity index (χ3v) is 4.99. The van der Waals surface area contributed by atoms with Gasteiger partial charge in [0.05, 0.1) is 11.8 Å². The molecule has 3 aromatic rings. The van der Waals surface area contributed by atoms with E-state index in [-0.39, 0.29) is 6.10 Å². The topological polar surface area (TPSA) is 62.9 Å². The SMILES string of the molecule is CC(O)c1cc2ccccn2c1-c1ccc(OC2CCN(C)CC2)nn1. The highest BCUT2D eigenvalue weighted by molar-refractivity contribution is 5.69. The van der Waals surface area contributed by atoms with Gasteiger partial charge in [-0.1, -0.05) is 6.07 Å². The fourth-order valence-corrected chi connectivity index (χ4v) is 3.52. The lowest BCUT2D eigenvalue weighted by molar-refractivity contribution is 0.109. The molecular formula is C20H24N4O2. The Bertz CT molecular complexity index is 880. The van der Waals surface area contributed by atoms with Gasteiger partial charge < -0.3 is 19.1 Å². The van der Waals surface area contributed by atoms with Gasteiger partial charge in [-0.15, -0.1) is 10.2 Å². The number of aliphatic hydroxyl groups excluding tert-OH is 1. The van der Waals surface area contributed by atoms with Crippen LogP contribution in [0.5, 0.6) is 5.88 Å². The van der Waals surface area contributed by atoms with Gasteiger partial charge >= 0.3 is 0 Å². The summed E-state index contributed by atoms with van der Waals surface area (Å²) in [6, 6.07) is 11.7. The van der Waals surface area contributed by atoms with Crippen molar-refractivity contribution in [2.75, 3.05) is 20.1 Å². The number of rotatable bonds is 4. The molecule has 4 heterocycles. The molecule has 0 saturated carbocycles. The summed E-state index contributed by atoms with van der Waals surface area (Å²) in [5.74, 6) is 0.558. The first-order valence-electron chi connectivity index (χ1n) is 9.09. The zero-order chi connectivity index (χ0) is 18.1. The van der Waals surface area contributed by atoms with E-state index in [1.54, 1.807) is 6.92 Å². The van der Waals surface area contributed by atoms with E-state index in [4.69, 9.17) is 4.74 Å². The Labute approximate surface area is 153 Å². The molecule has 3 aromatic heterocycles. The summed E-state index contributed by atoms with van der Waals surface area (Å²) >= 11 is 0. The number of hydrogen-bond donors (Lipinski definition) is 1. The average Bonchev–Trinajstić information content (AvgIpc) is 3.04. The molecule has 1 aliphatic rings. The van der Waals surface area contributed by atoms with Gasteiger partial charge in [-0.3, -0.25) is 0 Å². The second-order valence-electron chi connectivity index (χ2n) is 7.00. The molecule has 0 aliphatic carbocycles. The van der Waals surface area contributed by atoms with Crippen LogP contribution in [0, 0.1) is 0 Å². The smallest absolute Gasteiger partial charge is 0.233 e. The Hall–Kier alpha value is -2.44. The highest BCUT2D eigenvalue weighted by atomic mass is 16.5. The Morgan fingerprint density at radius 1 is 1.15 bits per heavy atom. The summed E-state index contributed by atoms with van der Waals surface area (Å²) < 4.78 is 8.02. The first-order valence-corrected chi connectivity index (χ1v) is 9.09. The van der Waals surface area contributed by atoms with E-state index in [9.17, 15) is 5.11 Å². The number of ether oxygens (including phenoxy) is 1. The molecule has 0 aromatic carbocycles. The quantitative estimate of drug-likeness (QED) is 0.782. The summed E-state index contributed by atoms with van der Waals surface area (Å²) in [5, 5.41) is 18.8. The van der Waals surface area contributed by atoms with E-state index in [0.29, 0.717) is 5.88 Å². The second-order valence-corrected chi connectivity index (χ2v) is 7.00. The van der Waals surface area contributed by atoms with Crippen LogP contribution in [0.3, 0.4) is 0 Å². The van der Waals surface area contributed by atoms with Gasteiger partial charge in [0.25, 0.3) is 0 Å². The van der Waals surface area contributed by atoms with E-state index in [1.165, 1.54) is 0 Å². The van der Waals surface area contributed by atoms with Crippen LogP contribution in [-0.4, -0.2) is 50.8 Å². The van der Waals surface area contributed by atoms with Crippen molar-refractivity contribution < 1.29 is 9.84 Å². The normalized spacial score (nSPS) is 17.5. The minimum atomic E-state index is -0.582. The number of likely N-dealkylation sites (tertiary alicyclic amines) is 1. The minimum absolute atomic E-state index is 0.202. The highest BCUT2D eigenvalue weighted by Gasteiger charge is 2.20. The molecule has 1 atom stereocenters. The van der Waals surface area contributed by atoms with E-state index in [0.717, 1.165) is 48.4 Å². The lowest BCUT2D eigenvalue weighted by atomic mass is 10.1. The Morgan fingerprint density at radius 3 is 2.65 bits per heavy atom. The molecule has 4 rings (SSSR count). The Morgan fingerprint density at radius 2 is 1.96 bits per heavy atom. The van der Waals surface area contributed by atoms with Crippen molar-refractivity contribution in [2.24, 2.45) is 0 Å². The number of aromatic nitrogens is 3. The number of fused-ring (bicyclic) bond motifs is 1. The van der Waals surface area contributed by atoms with Gasteiger partial charge in [0, 0.05) is 36.4 Å². The number of pyridine rings is 1. The van der Waals surface area contributed by atoms with Crippen molar-refractivity contribution in [3.63, 3.8) is 0 Å². The molecule has 0 radical (unpaired) electrons. The standard InChI is InChI=1S/C20H24N4O2/c1-14(25)17-13-15-5-3-4-10-24(15)20(17)18-6-7-19(22-21-18)26-16-8-11-23(2)12-9-16/h3-7,10,13-14,16,25H,8-9,11-12H2,1-2H3. The maximum Gasteiger partial charge on any atom is 0.233 e. The van der Waals surface area contributed by atoms with E-state index in [1.807, 2.05) is 47.0 Å². The fraction of sp³-hybridized carbons (Fsp3) is 0.400. The molecule has 6 nitrogen and oxygen atoms in total. The predicted octanol–water partition coefficient (Wildman–Crippen LogP) is 2.92. The summed E-state index contributed by atoms with van der Waals surface area (Å²) in [7, 11) is 2.13. The van der Waals surface area contributed by atoms with Gasteiger partial charge in [0.2, 0.25) is 5.88 Å². The maximum atomic E-state index is 10.2. The van der Waals surface area contributed by atoms with Crippen molar-refractivity contribution in [3.8, 4) is 17.3 Å². The average molecular weight is 352 g/mol. The van der Waals surface area contributed by atoms with Crippen molar-refractivity contribution in [3.05, 3.63) is 48.2 Å². The molecule has 6 heteroatoms. The van der Waals surface area contributed by atoms with E-state index < -0.39 is 6.10 Å². The molecule has 1 unspecified atom stereocenters. The summed E-state index contributed by atoms with van der Waals surface area (Å²) in [4.78, 5) is 2.31. The molecule has 0 amide bonds. The molecule has 1 aliphatic heterocycles. The van der Waals surface area contributed by atoms with Crippen molar-refractivity contribution in [1.82, 2.24) is 19.5 Å². The minimum Gasteiger partial charge on any atom is -0.473 e. The zero-order valence-electron chi connectivity index (χ0n) is 15.2.